The average molecular weight is 303 g/mol. The quantitative estimate of drug-likeness (QED) is 0.860. The molecule has 3 rings (SSSR count). The van der Waals surface area contributed by atoms with E-state index < -0.39 is 0 Å². The van der Waals surface area contributed by atoms with Gasteiger partial charge in [-0.15, -0.1) is 0 Å². The summed E-state index contributed by atoms with van der Waals surface area (Å²) in [4.78, 5) is 12.5. The summed E-state index contributed by atoms with van der Waals surface area (Å²) in [5.41, 5.74) is 1.41. The second-order valence-corrected chi connectivity index (χ2v) is 5.82. The van der Waals surface area contributed by atoms with Crippen molar-refractivity contribution in [1.29, 1.82) is 0 Å². The van der Waals surface area contributed by atoms with E-state index >= 15 is 0 Å². The highest BCUT2D eigenvalue weighted by molar-refractivity contribution is 6.00. The van der Waals surface area contributed by atoms with E-state index in [1.165, 1.54) is 0 Å². The van der Waals surface area contributed by atoms with E-state index in [1.807, 2.05) is 25.1 Å². The molecule has 0 aliphatic heterocycles. The molecule has 1 aliphatic carbocycles. The molecule has 5 heteroatoms. The van der Waals surface area contributed by atoms with Crippen LogP contribution in [0.5, 0.6) is 5.75 Å². The molecule has 1 heterocycles. The molecule has 1 aromatic carbocycles. The molecule has 0 bridgehead atoms. The van der Waals surface area contributed by atoms with Gasteiger partial charge in [-0.1, -0.05) is 12.1 Å². The number of hydrogen-bond donors (Lipinski definition) is 2. The van der Waals surface area contributed by atoms with E-state index in [9.17, 15) is 4.79 Å². The molecule has 1 aromatic heterocycles. The summed E-state index contributed by atoms with van der Waals surface area (Å²) in [6, 6.07) is 5.63. The minimum Gasteiger partial charge on any atom is -0.493 e. The Hall–Kier alpha value is -2.01. The Morgan fingerprint density at radius 2 is 2.27 bits per heavy atom. The van der Waals surface area contributed by atoms with Crippen LogP contribution in [0, 0.1) is 12.8 Å². The Balaban J connectivity index is 1.88. The number of ether oxygens (including phenoxy) is 1. The molecule has 1 amide bonds. The lowest BCUT2D eigenvalue weighted by Gasteiger charge is -2.16. The summed E-state index contributed by atoms with van der Waals surface area (Å²) in [7, 11) is 1.58. The highest BCUT2D eigenvalue weighted by Gasteiger charge is 2.33. The van der Waals surface area contributed by atoms with Gasteiger partial charge in [0.25, 0.3) is 5.91 Å². The van der Waals surface area contributed by atoms with Gasteiger partial charge >= 0.3 is 0 Å². The molecule has 1 atom stereocenters. The molecule has 118 valence electrons. The van der Waals surface area contributed by atoms with Gasteiger partial charge in [-0.2, -0.15) is 0 Å². The minimum atomic E-state index is -0.221. The van der Waals surface area contributed by atoms with Crippen LogP contribution in [0.15, 0.2) is 22.6 Å². The molecular weight excluding hydrogens is 282 g/mol. The second kappa shape index (κ2) is 6.01. The van der Waals surface area contributed by atoms with Crippen molar-refractivity contribution >= 4 is 16.9 Å². The lowest BCUT2D eigenvalue weighted by molar-refractivity contribution is 0.0897. The number of furan rings is 1. The SMILES string of the molecule is COc1cccc2c(C)c(C(=O)NC(CCO)C3CC3)oc12. The number of carbonyl (C=O) groups excluding carboxylic acids is 1. The van der Waals surface area contributed by atoms with Crippen molar-refractivity contribution in [2.75, 3.05) is 13.7 Å². The fourth-order valence-electron chi connectivity index (χ4n) is 2.89. The zero-order valence-corrected chi connectivity index (χ0v) is 12.9. The minimum absolute atomic E-state index is 0.0204. The van der Waals surface area contributed by atoms with Crippen molar-refractivity contribution in [3.05, 3.63) is 29.5 Å². The molecular formula is C17H21NO4. The Kier molecular flexibility index (Phi) is 4.07. The maximum atomic E-state index is 12.5. The largest absolute Gasteiger partial charge is 0.493 e. The lowest BCUT2D eigenvalue weighted by atomic mass is 10.1. The van der Waals surface area contributed by atoms with Gasteiger partial charge in [0.05, 0.1) is 7.11 Å². The van der Waals surface area contributed by atoms with E-state index in [0.717, 1.165) is 23.8 Å². The number of nitrogens with one attached hydrogen (secondary N) is 1. The van der Waals surface area contributed by atoms with Gasteiger partial charge in [0.1, 0.15) is 0 Å². The number of carbonyl (C=O) groups is 1. The van der Waals surface area contributed by atoms with Crippen molar-refractivity contribution in [3.8, 4) is 5.75 Å². The molecule has 22 heavy (non-hydrogen) atoms. The maximum absolute atomic E-state index is 12.5. The van der Waals surface area contributed by atoms with Gasteiger partial charge in [-0.25, -0.2) is 0 Å². The number of hydrogen-bond acceptors (Lipinski definition) is 4. The van der Waals surface area contributed by atoms with Crippen LogP contribution in [0.1, 0.15) is 35.4 Å². The topological polar surface area (TPSA) is 71.7 Å². The number of methoxy groups -OCH3 is 1. The third kappa shape index (κ3) is 2.68. The van der Waals surface area contributed by atoms with Crippen molar-refractivity contribution in [2.24, 2.45) is 5.92 Å². The van der Waals surface area contributed by atoms with Crippen LogP contribution in [0.2, 0.25) is 0 Å². The molecule has 0 saturated heterocycles. The summed E-state index contributed by atoms with van der Waals surface area (Å²) in [5.74, 6) is 1.20. The van der Waals surface area contributed by atoms with Crippen LogP contribution in [-0.4, -0.2) is 30.8 Å². The van der Waals surface area contributed by atoms with Crippen LogP contribution in [0.3, 0.4) is 0 Å². The molecule has 2 N–H and O–H groups in total. The van der Waals surface area contributed by atoms with Crippen LogP contribution in [0.25, 0.3) is 11.0 Å². The van der Waals surface area contributed by atoms with Gasteiger partial charge in [0.15, 0.2) is 17.1 Å². The summed E-state index contributed by atoms with van der Waals surface area (Å²) >= 11 is 0. The number of amides is 1. The van der Waals surface area contributed by atoms with Gasteiger partial charge < -0.3 is 19.6 Å². The zero-order valence-electron chi connectivity index (χ0n) is 12.9. The maximum Gasteiger partial charge on any atom is 0.287 e. The fraction of sp³-hybridized carbons (Fsp3) is 0.471. The van der Waals surface area contributed by atoms with Crippen molar-refractivity contribution in [3.63, 3.8) is 0 Å². The Labute approximate surface area is 129 Å². The van der Waals surface area contributed by atoms with E-state index in [-0.39, 0.29) is 18.6 Å². The smallest absolute Gasteiger partial charge is 0.287 e. The summed E-state index contributed by atoms with van der Waals surface area (Å²) < 4.78 is 11.0. The summed E-state index contributed by atoms with van der Waals surface area (Å²) in [6.45, 7) is 1.95. The second-order valence-electron chi connectivity index (χ2n) is 5.82. The molecule has 1 unspecified atom stereocenters. The van der Waals surface area contributed by atoms with E-state index in [1.54, 1.807) is 7.11 Å². The van der Waals surface area contributed by atoms with Crippen LogP contribution in [0.4, 0.5) is 0 Å². The number of aryl methyl sites for hydroxylation is 1. The number of para-hydroxylation sites is 1. The van der Waals surface area contributed by atoms with Crippen LogP contribution in [-0.2, 0) is 0 Å². The third-order valence-corrected chi connectivity index (χ3v) is 4.30. The molecule has 1 fully saturated rings. The molecule has 0 radical (unpaired) electrons. The highest BCUT2D eigenvalue weighted by atomic mass is 16.5. The Bertz CT molecular complexity index is 687. The number of fused-ring (bicyclic) bond motifs is 1. The standard InChI is InChI=1S/C17H21NO4/c1-10-12-4-3-5-14(21-2)16(12)22-15(10)17(20)18-13(8-9-19)11-6-7-11/h3-5,11,13,19H,6-9H2,1-2H3,(H,18,20). The number of benzene rings is 1. The molecule has 1 saturated carbocycles. The van der Waals surface area contributed by atoms with Gasteiger partial charge in [-0.05, 0) is 38.2 Å². The number of aliphatic hydroxyl groups excluding tert-OH is 1. The number of aliphatic hydroxyl groups is 1. The van der Waals surface area contributed by atoms with Crippen LogP contribution < -0.4 is 10.1 Å². The lowest BCUT2D eigenvalue weighted by Crippen LogP contribution is -2.37. The normalized spacial score (nSPS) is 15.8. The predicted molar refractivity (Wildman–Crippen MR) is 83.2 cm³/mol. The van der Waals surface area contributed by atoms with E-state index in [2.05, 4.69) is 5.32 Å². The van der Waals surface area contributed by atoms with Crippen molar-refractivity contribution in [2.45, 2.75) is 32.2 Å². The highest BCUT2D eigenvalue weighted by Crippen LogP contribution is 2.35. The van der Waals surface area contributed by atoms with Crippen molar-refractivity contribution in [1.82, 2.24) is 5.32 Å². The first kappa shape index (κ1) is 14.9. The first-order chi connectivity index (χ1) is 10.7. The zero-order chi connectivity index (χ0) is 15.7. The third-order valence-electron chi connectivity index (χ3n) is 4.30. The predicted octanol–water partition coefficient (Wildman–Crippen LogP) is 2.64. The molecule has 1 aliphatic rings. The number of rotatable bonds is 6. The van der Waals surface area contributed by atoms with E-state index in [0.29, 0.717) is 29.4 Å². The van der Waals surface area contributed by atoms with Gasteiger partial charge in [-0.3, -0.25) is 4.79 Å². The van der Waals surface area contributed by atoms with Crippen LogP contribution >= 0.6 is 0 Å². The first-order valence-electron chi connectivity index (χ1n) is 7.63. The van der Waals surface area contributed by atoms with Gasteiger partial charge in [0.2, 0.25) is 0 Å². The Morgan fingerprint density at radius 3 is 2.91 bits per heavy atom. The van der Waals surface area contributed by atoms with Gasteiger partial charge in [0, 0.05) is 23.6 Å². The fourth-order valence-corrected chi connectivity index (χ4v) is 2.89. The summed E-state index contributed by atoms with van der Waals surface area (Å²) in [6.07, 6.45) is 2.80. The monoisotopic (exact) mass is 303 g/mol. The Morgan fingerprint density at radius 1 is 1.50 bits per heavy atom. The first-order valence-corrected chi connectivity index (χ1v) is 7.63. The molecule has 0 spiro atoms. The van der Waals surface area contributed by atoms with E-state index in [4.69, 9.17) is 14.3 Å². The van der Waals surface area contributed by atoms with Crippen molar-refractivity contribution < 1.29 is 19.1 Å². The summed E-state index contributed by atoms with van der Waals surface area (Å²) in [5, 5.41) is 13.0. The molecule has 5 nitrogen and oxygen atoms in total. The molecule has 2 aromatic rings. The average Bonchev–Trinajstić information content (AvgIpc) is 3.31.